The van der Waals surface area contributed by atoms with Gasteiger partial charge in [-0.25, -0.2) is 0 Å². The second kappa shape index (κ2) is 6.58. The Morgan fingerprint density at radius 1 is 1.52 bits per heavy atom. The molecule has 21 heavy (non-hydrogen) atoms. The predicted molar refractivity (Wildman–Crippen MR) is 81.2 cm³/mol. The Balaban J connectivity index is 2.10. The first-order valence-electron chi connectivity index (χ1n) is 7.63. The lowest BCUT2D eigenvalue weighted by Crippen LogP contribution is -2.54. The topological polar surface area (TPSA) is 61.6 Å². The van der Waals surface area contributed by atoms with Crippen LogP contribution in [0.2, 0.25) is 0 Å². The zero-order valence-corrected chi connectivity index (χ0v) is 13.2. The highest BCUT2D eigenvalue weighted by Gasteiger charge is 2.36. The number of piperidine rings is 1. The van der Waals surface area contributed by atoms with Crippen LogP contribution in [-0.2, 0) is 6.54 Å². The van der Waals surface area contributed by atoms with Gasteiger partial charge in [0.2, 0.25) is 0 Å². The van der Waals surface area contributed by atoms with Gasteiger partial charge in [-0.2, -0.15) is 5.10 Å². The molecule has 6 heteroatoms. The highest BCUT2D eigenvalue weighted by Crippen LogP contribution is 2.23. The standard InChI is InChI=1S/C15H26N4O2/c1-4-9-19-13(6-8-16-19)14(20)18-10-5-7-15(21,12-18)11-17(2)3/h6,8,21H,4-5,7,9-12H2,1-3H3/t15-/m1/s1. The summed E-state index contributed by atoms with van der Waals surface area (Å²) >= 11 is 0. The molecule has 1 N–H and O–H groups in total. The zero-order valence-electron chi connectivity index (χ0n) is 13.2. The van der Waals surface area contributed by atoms with E-state index in [4.69, 9.17) is 0 Å². The summed E-state index contributed by atoms with van der Waals surface area (Å²) in [5.41, 5.74) is -0.196. The number of rotatable bonds is 5. The molecule has 1 aliphatic rings. The molecule has 1 amide bonds. The summed E-state index contributed by atoms with van der Waals surface area (Å²) in [5, 5.41) is 14.9. The molecular formula is C15H26N4O2. The van der Waals surface area contributed by atoms with E-state index in [1.165, 1.54) is 0 Å². The van der Waals surface area contributed by atoms with E-state index in [9.17, 15) is 9.90 Å². The van der Waals surface area contributed by atoms with Gasteiger partial charge in [0, 0.05) is 25.8 Å². The second-order valence-corrected chi connectivity index (χ2v) is 6.23. The number of carbonyl (C=O) groups is 1. The summed E-state index contributed by atoms with van der Waals surface area (Å²) in [5.74, 6) is -0.0298. The van der Waals surface area contributed by atoms with Crippen LogP contribution in [0.3, 0.4) is 0 Å². The zero-order chi connectivity index (χ0) is 15.5. The molecular weight excluding hydrogens is 268 g/mol. The maximum Gasteiger partial charge on any atom is 0.272 e. The number of hydrogen-bond donors (Lipinski definition) is 1. The molecule has 1 aromatic heterocycles. The van der Waals surface area contributed by atoms with E-state index in [-0.39, 0.29) is 5.91 Å². The number of hydrogen-bond acceptors (Lipinski definition) is 4. The smallest absolute Gasteiger partial charge is 0.272 e. The molecule has 2 rings (SSSR count). The van der Waals surface area contributed by atoms with E-state index < -0.39 is 5.60 Å². The van der Waals surface area contributed by atoms with Gasteiger partial charge in [0.25, 0.3) is 5.91 Å². The molecule has 1 atom stereocenters. The molecule has 0 saturated carbocycles. The van der Waals surface area contributed by atoms with E-state index in [1.807, 2.05) is 19.0 Å². The Bertz CT molecular complexity index is 486. The van der Waals surface area contributed by atoms with Gasteiger partial charge >= 0.3 is 0 Å². The number of aliphatic hydroxyl groups is 1. The van der Waals surface area contributed by atoms with Gasteiger partial charge in [0.1, 0.15) is 5.69 Å². The Hall–Kier alpha value is -1.40. The highest BCUT2D eigenvalue weighted by molar-refractivity contribution is 5.92. The Morgan fingerprint density at radius 2 is 2.29 bits per heavy atom. The SMILES string of the molecule is CCCn1nccc1C(=O)N1CCC[C@@](O)(CN(C)C)C1. The summed E-state index contributed by atoms with van der Waals surface area (Å²) in [6.07, 6.45) is 4.17. The molecule has 6 nitrogen and oxygen atoms in total. The first-order valence-corrected chi connectivity index (χ1v) is 7.63. The normalized spacial score (nSPS) is 22.8. The van der Waals surface area contributed by atoms with Crippen molar-refractivity contribution in [3.8, 4) is 0 Å². The second-order valence-electron chi connectivity index (χ2n) is 6.23. The van der Waals surface area contributed by atoms with Crippen molar-refractivity contribution in [1.29, 1.82) is 0 Å². The summed E-state index contributed by atoms with van der Waals surface area (Å²) < 4.78 is 1.75. The number of carbonyl (C=O) groups excluding carboxylic acids is 1. The van der Waals surface area contributed by atoms with Gasteiger partial charge in [-0.05, 0) is 39.4 Å². The first kappa shape index (κ1) is 16.0. The Kier molecular flexibility index (Phi) is 5.00. The van der Waals surface area contributed by atoms with Crippen LogP contribution in [0.15, 0.2) is 12.3 Å². The van der Waals surface area contributed by atoms with Crippen LogP contribution < -0.4 is 0 Å². The lowest BCUT2D eigenvalue weighted by molar-refractivity contribution is -0.0394. The summed E-state index contributed by atoms with van der Waals surface area (Å²) in [4.78, 5) is 16.4. The number of amides is 1. The molecule has 0 unspecified atom stereocenters. The van der Waals surface area contributed by atoms with Gasteiger partial charge < -0.3 is 14.9 Å². The van der Waals surface area contributed by atoms with Crippen molar-refractivity contribution >= 4 is 5.91 Å². The fraction of sp³-hybridized carbons (Fsp3) is 0.733. The molecule has 1 saturated heterocycles. The van der Waals surface area contributed by atoms with Crippen molar-refractivity contribution < 1.29 is 9.90 Å². The molecule has 0 spiro atoms. The fourth-order valence-electron chi connectivity index (χ4n) is 3.07. The minimum Gasteiger partial charge on any atom is -0.387 e. The minimum absolute atomic E-state index is 0.0298. The average Bonchev–Trinajstić information content (AvgIpc) is 2.85. The van der Waals surface area contributed by atoms with Crippen LogP contribution in [0.4, 0.5) is 0 Å². The van der Waals surface area contributed by atoms with Crippen molar-refractivity contribution in [3.63, 3.8) is 0 Å². The number of β-amino-alcohol motifs (C(OH)–C–C–N with tert-alkyl or cyclic N) is 1. The largest absolute Gasteiger partial charge is 0.387 e. The summed E-state index contributed by atoms with van der Waals surface area (Å²) in [7, 11) is 3.88. The van der Waals surface area contributed by atoms with E-state index in [0.29, 0.717) is 25.3 Å². The van der Waals surface area contributed by atoms with Crippen LogP contribution in [-0.4, -0.2) is 69.9 Å². The van der Waals surface area contributed by atoms with Gasteiger partial charge in [-0.3, -0.25) is 9.48 Å². The molecule has 1 fully saturated rings. The number of nitrogens with zero attached hydrogens (tertiary/aromatic N) is 4. The maximum atomic E-state index is 12.7. The number of aryl methyl sites for hydroxylation is 1. The third-order valence-corrected chi connectivity index (χ3v) is 3.82. The lowest BCUT2D eigenvalue weighted by Gasteiger charge is -2.40. The average molecular weight is 294 g/mol. The van der Waals surface area contributed by atoms with Gasteiger partial charge in [-0.15, -0.1) is 0 Å². The van der Waals surface area contributed by atoms with Crippen molar-refractivity contribution in [1.82, 2.24) is 19.6 Å². The van der Waals surface area contributed by atoms with E-state index >= 15 is 0 Å². The maximum absolute atomic E-state index is 12.7. The number of likely N-dealkylation sites (N-methyl/N-ethyl adjacent to an activating group) is 1. The first-order chi connectivity index (χ1) is 9.95. The van der Waals surface area contributed by atoms with Crippen LogP contribution >= 0.6 is 0 Å². The summed E-state index contributed by atoms with van der Waals surface area (Å²) in [6, 6.07) is 1.76. The fourth-order valence-corrected chi connectivity index (χ4v) is 3.07. The van der Waals surface area contributed by atoms with Crippen LogP contribution in [0.25, 0.3) is 0 Å². The minimum atomic E-state index is -0.812. The van der Waals surface area contributed by atoms with Crippen LogP contribution in [0, 0.1) is 0 Å². The third-order valence-electron chi connectivity index (χ3n) is 3.82. The lowest BCUT2D eigenvalue weighted by atomic mass is 9.92. The Labute approximate surface area is 126 Å². The van der Waals surface area contributed by atoms with Crippen molar-refractivity contribution in [2.45, 2.75) is 38.3 Å². The van der Waals surface area contributed by atoms with Crippen LogP contribution in [0.5, 0.6) is 0 Å². The highest BCUT2D eigenvalue weighted by atomic mass is 16.3. The van der Waals surface area contributed by atoms with E-state index in [1.54, 1.807) is 21.8 Å². The molecule has 0 aromatic carbocycles. The van der Waals surface area contributed by atoms with Crippen molar-refractivity contribution in [3.05, 3.63) is 18.0 Å². The predicted octanol–water partition coefficient (Wildman–Crippen LogP) is 0.822. The monoisotopic (exact) mass is 294 g/mol. The van der Waals surface area contributed by atoms with E-state index in [0.717, 1.165) is 25.8 Å². The molecule has 118 valence electrons. The van der Waals surface area contributed by atoms with Gasteiger partial charge in [-0.1, -0.05) is 6.92 Å². The van der Waals surface area contributed by atoms with Crippen molar-refractivity contribution in [2.75, 3.05) is 33.7 Å². The summed E-state index contributed by atoms with van der Waals surface area (Å²) in [6.45, 7) is 4.47. The number of aromatic nitrogens is 2. The molecule has 2 heterocycles. The third kappa shape index (κ3) is 3.83. The Morgan fingerprint density at radius 3 is 2.95 bits per heavy atom. The quantitative estimate of drug-likeness (QED) is 0.873. The van der Waals surface area contributed by atoms with Crippen molar-refractivity contribution in [2.24, 2.45) is 0 Å². The van der Waals surface area contributed by atoms with Crippen LogP contribution in [0.1, 0.15) is 36.7 Å². The molecule has 0 bridgehead atoms. The molecule has 0 aliphatic carbocycles. The van der Waals surface area contributed by atoms with E-state index in [2.05, 4.69) is 12.0 Å². The molecule has 0 radical (unpaired) electrons. The molecule has 1 aliphatic heterocycles. The number of likely N-dealkylation sites (tertiary alicyclic amines) is 1. The van der Waals surface area contributed by atoms with Gasteiger partial charge in [0.05, 0.1) is 12.1 Å². The van der Waals surface area contributed by atoms with Gasteiger partial charge in [0.15, 0.2) is 0 Å². The molecule has 1 aromatic rings.